The van der Waals surface area contributed by atoms with Crippen LogP contribution in [0.1, 0.15) is 18.4 Å². The monoisotopic (exact) mass is 268 g/mol. The summed E-state index contributed by atoms with van der Waals surface area (Å²) in [5.74, 6) is 0.847. The summed E-state index contributed by atoms with van der Waals surface area (Å²) in [6.07, 6.45) is 0. The minimum atomic E-state index is -0.0432. The van der Waals surface area contributed by atoms with E-state index >= 15 is 0 Å². The molecular weight excluding hydrogens is 252 g/mol. The van der Waals surface area contributed by atoms with Crippen LogP contribution in [0.3, 0.4) is 0 Å². The van der Waals surface area contributed by atoms with Crippen LogP contribution in [0.25, 0.3) is 0 Å². The standard InChI is InChI=1S/C13H17ClN2O2/c1-8(17)16-6-10(12(15)7-16)9-3-4-13(18-2)11(14)5-9/h3-5,10,12H,6-7,15H2,1-2H3. The van der Waals surface area contributed by atoms with Crippen molar-refractivity contribution in [2.75, 3.05) is 20.2 Å². The van der Waals surface area contributed by atoms with Crippen molar-refractivity contribution in [2.24, 2.45) is 5.73 Å². The summed E-state index contributed by atoms with van der Waals surface area (Å²) in [6.45, 7) is 2.82. The molecule has 0 saturated carbocycles. The van der Waals surface area contributed by atoms with Gasteiger partial charge in [0, 0.05) is 32.0 Å². The molecule has 0 spiro atoms. The van der Waals surface area contributed by atoms with E-state index in [9.17, 15) is 4.79 Å². The van der Waals surface area contributed by atoms with Crippen molar-refractivity contribution < 1.29 is 9.53 Å². The zero-order valence-electron chi connectivity index (χ0n) is 10.5. The molecule has 1 heterocycles. The third kappa shape index (κ3) is 2.44. The first kappa shape index (κ1) is 13.2. The number of carbonyl (C=O) groups is 1. The lowest BCUT2D eigenvalue weighted by atomic mass is 9.95. The van der Waals surface area contributed by atoms with E-state index in [4.69, 9.17) is 22.1 Å². The molecule has 1 amide bonds. The van der Waals surface area contributed by atoms with Crippen LogP contribution in [0.5, 0.6) is 5.75 Å². The molecule has 2 atom stereocenters. The normalized spacial score (nSPS) is 23.2. The highest BCUT2D eigenvalue weighted by Gasteiger charge is 2.32. The van der Waals surface area contributed by atoms with Crippen LogP contribution in [0.2, 0.25) is 5.02 Å². The Morgan fingerprint density at radius 2 is 2.22 bits per heavy atom. The molecule has 1 saturated heterocycles. The van der Waals surface area contributed by atoms with Gasteiger partial charge in [0.25, 0.3) is 0 Å². The Morgan fingerprint density at radius 1 is 1.50 bits per heavy atom. The van der Waals surface area contributed by atoms with Crippen molar-refractivity contribution in [1.29, 1.82) is 0 Å². The van der Waals surface area contributed by atoms with Crippen LogP contribution < -0.4 is 10.5 Å². The van der Waals surface area contributed by atoms with Gasteiger partial charge in [-0.05, 0) is 17.7 Å². The predicted molar refractivity (Wildman–Crippen MR) is 71.0 cm³/mol. The molecule has 0 aliphatic carbocycles. The van der Waals surface area contributed by atoms with Crippen LogP contribution >= 0.6 is 11.6 Å². The molecule has 0 radical (unpaired) electrons. The Labute approximate surface area is 112 Å². The maximum Gasteiger partial charge on any atom is 0.219 e. The molecule has 0 aromatic heterocycles. The van der Waals surface area contributed by atoms with Gasteiger partial charge in [-0.3, -0.25) is 4.79 Å². The Bertz CT molecular complexity index is 464. The highest BCUT2D eigenvalue weighted by molar-refractivity contribution is 6.32. The fraction of sp³-hybridized carbons (Fsp3) is 0.462. The number of likely N-dealkylation sites (tertiary alicyclic amines) is 1. The molecular formula is C13H17ClN2O2. The Morgan fingerprint density at radius 3 is 2.72 bits per heavy atom. The van der Waals surface area contributed by atoms with Crippen molar-refractivity contribution >= 4 is 17.5 Å². The lowest BCUT2D eigenvalue weighted by Gasteiger charge is -2.16. The van der Waals surface area contributed by atoms with Gasteiger partial charge >= 0.3 is 0 Å². The summed E-state index contributed by atoms with van der Waals surface area (Å²) < 4.78 is 5.12. The smallest absolute Gasteiger partial charge is 0.219 e. The lowest BCUT2D eigenvalue weighted by Crippen LogP contribution is -2.30. The van der Waals surface area contributed by atoms with E-state index in [0.29, 0.717) is 23.9 Å². The van der Waals surface area contributed by atoms with E-state index in [2.05, 4.69) is 0 Å². The fourth-order valence-electron chi connectivity index (χ4n) is 2.35. The van der Waals surface area contributed by atoms with Gasteiger partial charge in [-0.1, -0.05) is 17.7 Å². The molecule has 1 aromatic rings. The molecule has 2 rings (SSSR count). The number of methoxy groups -OCH3 is 1. The number of benzene rings is 1. The van der Waals surface area contributed by atoms with E-state index in [0.717, 1.165) is 5.56 Å². The minimum absolute atomic E-state index is 0.0432. The SMILES string of the molecule is COc1ccc(C2CN(C(C)=O)CC2N)cc1Cl. The predicted octanol–water partition coefficient (Wildman–Crippen LogP) is 1.62. The van der Waals surface area contributed by atoms with Gasteiger partial charge in [0.05, 0.1) is 12.1 Å². The maximum atomic E-state index is 11.4. The van der Waals surface area contributed by atoms with Crippen molar-refractivity contribution in [3.05, 3.63) is 28.8 Å². The molecule has 2 N–H and O–H groups in total. The first-order valence-electron chi connectivity index (χ1n) is 5.87. The van der Waals surface area contributed by atoms with Crippen LogP contribution in [-0.4, -0.2) is 37.0 Å². The molecule has 1 aromatic carbocycles. The van der Waals surface area contributed by atoms with Crippen molar-refractivity contribution in [3.63, 3.8) is 0 Å². The molecule has 1 aliphatic rings. The number of hydrogen-bond acceptors (Lipinski definition) is 3. The summed E-state index contributed by atoms with van der Waals surface area (Å²) in [5, 5.41) is 0.573. The maximum absolute atomic E-state index is 11.4. The van der Waals surface area contributed by atoms with Gasteiger partial charge in [0.1, 0.15) is 5.75 Å². The highest BCUT2D eigenvalue weighted by atomic mass is 35.5. The van der Waals surface area contributed by atoms with Crippen molar-refractivity contribution in [2.45, 2.75) is 18.9 Å². The largest absolute Gasteiger partial charge is 0.495 e. The summed E-state index contributed by atoms with van der Waals surface area (Å²) in [4.78, 5) is 13.1. The third-order valence-corrected chi connectivity index (χ3v) is 3.71. The Balaban J connectivity index is 2.22. The van der Waals surface area contributed by atoms with E-state index in [-0.39, 0.29) is 17.9 Å². The third-order valence-electron chi connectivity index (χ3n) is 3.41. The zero-order valence-corrected chi connectivity index (χ0v) is 11.3. The molecule has 2 unspecified atom stereocenters. The van der Waals surface area contributed by atoms with Gasteiger partial charge in [-0.15, -0.1) is 0 Å². The van der Waals surface area contributed by atoms with Crippen LogP contribution in [0.15, 0.2) is 18.2 Å². The lowest BCUT2D eigenvalue weighted by molar-refractivity contribution is -0.127. The fourth-order valence-corrected chi connectivity index (χ4v) is 2.62. The average Bonchev–Trinajstić information content (AvgIpc) is 2.71. The molecule has 0 bridgehead atoms. The van der Waals surface area contributed by atoms with Crippen LogP contribution in [0, 0.1) is 0 Å². The summed E-state index contributed by atoms with van der Waals surface area (Å²) in [6, 6.07) is 5.62. The molecule has 18 heavy (non-hydrogen) atoms. The van der Waals surface area contributed by atoms with E-state index < -0.39 is 0 Å². The number of rotatable bonds is 2. The molecule has 1 aliphatic heterocycles. The summed E-state index contributed by atoms with van der Waals surface area (Å²) >= 11 is 6.11. The molecule has 4 nitrogen and oxygen atoms in total. The van der Waals surface area contributed by atoms with Crippen molar-refractivity contribution in [3.8, 4) is 5.75 Å². The molecule has 1 fully saturated rings. The number of hydrogen-bond donors (Lipinski definition) is 1. The second-order valence-electron chi connectivity index (χ2n) is 4.59. The number of carbonyl (C=O) groups excluding carboxylic acids is 1. The highest BCUT2D eigenvalue weighted by Crippen LogP contribution is 2.32. The quantitative estimate of drug-likeness (QED) is 0.887. The minimum Gasteiger partial charge on any atom is -0.495 e. The Hall–Kier alpha value is -1.26. The second-order valence-corrected chi connectivity index (χ2v) is 5.00. The Kier molecular flexibility index (Phi) is 3.78. The van der Waals surface area contributed by atoms with E-state index in [1.54, 1.807) is 18.9 Å². The molecule has 5 heteroatoms. The zero-order chi connectivity index (χ0) is 13.3. The van der Waals surface area contributed by atoms with E-state index in [1.165, 1.54) is 0 Å². The first-order chi connectivity index (χ1) is 8.52. The second kappa shape index (κ2) is 5.16. The summed E-state index contributed by atoms with van der Waals surface area (Å²) in [7, 11) is 1.58. The number of nitrogens with two attached hydrogens (primary N) is 1. The van der Waals surface area contributed by atoms with Gasteiger partial charge in [-0.2, -0.15) is 0 Å². The number of amides is 1. The van der Waals surface area contributed by atoms with Gasteiger partial charge in [-0.25, -0.2) is 0 Å². The van der Waals surface area contributed by atoms with Gasteiger partial charge < -0.3 is 15.4 Å². The topological polar surface area (TPSA) is 55.6 Å². The number of nitrogens with zero attached hydrogens (tertiary/aromatic N) is 1. The van der Waals surface area contributed by atoms with Crippen LogP contribution in [0.4, 0.5) is 0 Å². The number of halogens is 1. The molecule has 98 valence electrons. The van der Waals surface area contributed by atoms with Gasteiger partial charge in [0.15, 0.2) is 0 Å². The first-order valence-corrected chi connectivity index (χ1v) is 6.25. The van der Waals surface area contributed by atoms with Crippen molar-refractivity contribution in [1.82, 2.24) is 4.90 Å². The number of ether oxygens (including phenoxy) is 1. The average molecular weight is 269 g/mol. The van der Waals surface area contributed by atoms with E-state index in [1.807, 2.05) is 18.2 Å². The van der Waals surface area contributed by atoms with Gasteiger partial charge in [0.2, 0.25) is 5.91 Å². The summed E-state index contributed by atoms with van der Waals surface area (Å²) in [5.41, 5.74) is 7.14. The van der Waals surface area contributed by atoms with Crippen LogP contribution in [-0.2, 0) is 4.79 Å².